The average Bonchev–Trinajstić information content (AvgIpc) is 3.22. The standard InChI is InChI=1S/C30H28O8/c1-16(2)36-21-9-7-6-8-18(21)20-14-27(31)37-22-11-10-19-29(32)26(38-30(19)28(20)22)13-17-12-24(34-4)25(35-5)15-23(17)33-3/h6-13,15-16,20H,14H2,1-5H3/b26-13-. The van der Waals surface area contributed by atoms with Gasteiger partial charge in [0.2, 0.25) is 5.78 Å². The van der Waals surface area contributed by atoms with Crippen molar-refractivity contribution in [3.8, 4) is 34.5 Å². The Morgan fingerprint density at radius 2 is 1.58 bits per heavy atom. The first-order valence-corrected chi connectivity index (χ1v) is 12.2. The van der Waals surface area contributed by atoms with Crippen LogP contribution < -0.4 is 28.4 Å². The smallest absolute Gasteiger partial charge is 0.312 e. The predicted octanol–water partition coefficient (Wildman–Crippen LogP) is 5.56. The van der Waals surface area contributed by atoms with Gasteiger partial charge >= 0.3 is 5.97 Å². The lowest BCUT2D eigenvalue weighted by Gasteiger charge is -2.28. The zero-order valence-corrected chi connectivity index (χ0v) is 21.8. The van der Waals surface area contributed by atoms with E-state index in [4.69, 9.17) is 28.4 Å². The number of ketones is 1. The van der Waals surface area contributed by atoms with E-state index in [0.29, 0.717) is 51.2 Å². The Bertz CT molecular complexity index is 1450. The summed E-state index contributed by atoms with van der Waals surface area (Å²) in [5.41, 5.74) is 2.42. The second kappa shape index (κ2) is 10.1. The highest BCUT2D eigenvalue weighted by atomic mass is 16.5. The summed E-state index contributed by atoms with van der Waals surface area (Å²) in [6.45, 7) is 3.89. The summed E-state index contributed by atoms with van der Waals surface area (Å²) in [4.78, 5) is 26.0. The maximum Gasteiger partial charge on any atom is 0.312 e. The highest BCUT2D eigenvalue weighted by molar-refractivity contribution is 6.15. The number of ether oxygens (including phenoxy) is 6. The number of hydrogen-bond acceptors (Lipinski definition) is 8. The molecule has 2 heterocycles. The van der Waals surface area contributed by atoms with Crippen LogP contribution in [-0.4, -0.2) is 39.2 Å². The lowest BCUT2D eigenvalue weighted by Crippen LogP contribution is -2.22. The minimum Gasteiger partial charge on any atom is -0.496 e. The summed E-state index contributed by atoms with van der Waals surface area (Å²) in [5.74, 6) is 1.90. The van der Waals surface area contributed by atoms with Crippen LogP contribution in [0.4, 0.5) is 0 Å². The van der Waals surface area contributed by atoms with Crippen LogP contribution in [0.1, 0.15) is 53.2 Å². The molecule has 0 amide bonds. The first-order chi connectivity index (χ1) is 18.3. The average molecular weight is 517 g/mol. The van der Waals surface area contributed by atoms with E-state index in [-0.39, 0.29) is 30.0 Å². The second-order valence-corrected chi connectivity index (χ2v) is 9.18. The van der Waals surface area contributed by atoms with Gasteiger partial charge in [0.1, 0.15) is 23.0 Å². The second-order valence-electron chi connectivity index (χ2n) is 9.18. The molecule has 0 aliphatic carbocycles. The molecule has 2 aliphatic rings. The van der Waals surface area contributed by atoms with Crippen LogP contribution in [0.15, 0.2) is 54.3 Å². The summed E-state index contributed by atoms with van der Waals surface area (Å²) in [5, 5.41) is 0. The van der Waals surface area contributed by atoms with Crippen molar-refractivity contribution in [1.82, 2.24) is 0 Å². The van der Waals surface area contributed by atoms with Gasteiger partial charge in [-0.1, -0.05) is 18.2 Å². The molecule has 1 unspecified atom stereocenters. The molecule has 1 atom stereocenters. The number of fused-ring (bicyclic) bond motifs is 3. The Kier molecular flexibility index (Phi) is 6.72. The number of hydrogen-bond donors (Lipinski definition) is 0. The Morgan fingerprint density at radius 3 is 2.29 bits per heavy atom. The minimum absolute atomic E-state index is 0.0588. The first kappa shape index (κ1) is 25.2. The maximum absolute atomic E-state index is 13.5. The Labute approximate surface area is 220 Å². The van der Waals surface area contributed by atoms with Crippen molar-refractivity contribution in [2.24, 2.45) is 0 Å². The number of Topliss-reactive ketones (excluding diaryl/α,β-unsaturated/α-hetero) is 1. The van der Waals surface area contributed by atoms with Crippen LogP contribution in [0.2, 0.25) is 0 Å². The number of rotatable bonds is 7. The molecular weight excluding hydrogens is 488 g/mol. The molecule has 0 spiro atoms. The number of carbonyl (C=O) groups is 2. The van der Waals surface area contributed by atoms with Gasteiger partial charge in [0.15, 0.2) is 17.3 Å². The highest BCUT2D eigenvalue weighted by Crippen LogP contribution is 2.50. The predicted molar refractivity (Wildman–Crippen MR) is 140 cm³/mol. The van der Waals surface area contributed by atoms with Crippen molar-refractivity contribution >= 4 is 17.8 Å². The molecule has 38 heavy (non-hydrogen) atoms. The third-order valence-electron chi connectivity index (χ3n) is 6.46. The van der Waals surface area contributed by atoms with E-state index in [1.54, 1.807) is 30.3 Å². The van der Waals surface area contributed by atoms with Gasteiger partial charge in [-0.2, -0.15) is 0 Å². The van der Waals surface area contributed by atoms with Gasteiger partial charge in [-0.25, -0.2) is 0 Å². The van der Waals surface area contributed by atoms with Crippen LogP contribution in [0.5, 0.6) is 34.5 Å². The molecule has 3 aromatic rings. The van der Waals surface area contributed by atoms with E-state index in [1.165, 1.54) is 21.3 Å². The normalized spacial score (nSPS) is 17.0. The SMILES string of the molecule is COc1cc(OC)c(OC)cc1/C=C1\Oc2c(ccc3c2C(c2ccccc2OC(C)C)CC(=O)O3)C1=O. The summed E-state index contributed by atoms with van der Waals surface area (Å²) in [6.07, 6.45) is 1.63. The third kappa shape index (κ3) is 4.42. The van der Waals surface area contributed by atoms with Crippen LogP contribution in [0.25, 0.3) is 6.08 Å². The maximum atomic E-state index is 13.5. The zero-order chi connectivity index (χ0) is 27.0. The minimum atomic E-state index is -0.418. The van der Waals surface area contributed by atoms with Gasteiger partial charge in [-0.15, -0.1) is 0 Å². The van der Waals surface area contributed by atoms with Crippen molar-refractivity contribution in [3.63, 3.8) is 0 Å². The van der Waals surface area contributed by atoms with Gasteiger partial charge in [0.25, 0.3) is 0 Å². The number of carbonyl (C=O) groups excluding carboxylic acids is 2. The fourth-order valence-electron chi connectivity index (χ4n) is 4.81. The Morgan fingerprint density at radius 1 is 0.868 bits per heavy atom. The Hall–Kier alpha value is -4.46. The molecule has 0 fully saturated rings. The molecule has 0 saturated heterocycles. The molecule has 0 aromatic heterocycles. The largest absolute Gasteiger partial charge is 0.496 e. The monoisotopic (exact) mass is 516 g/mol. The molecule has 8 heteroatoms. The van der Waals surface area contributed by atoms with Crippen LogP contribution in [0.3, 0.4) is 0 Å². The van der Waals surface area contributed by atoms with Crippen LogP contribution in [0, 0.1) is 0 Å². The number of esters is 1. The molecule has 0 radical (unpaired) electrons. The van der Waals surface area contributed by atoms with Crippen molar-refractivity contribution in [3.05, 3.63) is 76.5 Å². The fourth-order valence-corrected chi connectivity index (χ4v) is 4.81. The van der Waals surface area contributed by atoms with Gasteiger partial charge < -0.3 is 28.4 Å². The molecule has 0 saturated carbocycles. The quantitative estimate of drug-likeness (QED) is 0.229. The third-order valence-corrected chi connectivity index (χ3v) is 6.46. The van der Waals surface area contributed by atoms with E-state index in [0.717, 1.165) is 5.56 Å². The lowest BCUT2D eigenvalue weighted by molar-refractivity contribution is -0.135. The van der Waals surface area contributed by atoms with Crippen molar-refractivity contribution in [2.75, 3.05) is 21.3 Å². The summed E-state index contributed by atoms with van der Waals surface area (Å²) < 4.78 is 34.1. The van der Waals surface area contributed by atoms with Crippen LogP contribution >= 0.6 is 0 Å². The number of para-hydroxylation sites is 1. The number of allylic oxidation sites excluding steroid dienone is 1. The summed E-state index contributed by atoms with van der Waals surface area (Å²) in [6, 6.07) is 14.2. The molecule has 8 nitrogen and oxygen atoms in total. The van der Waals surface area contributed by atoms with Gasteiger partial charge in [-0.3, -0.25) is 9.59 Å². The molecule has 196 valence electrons. The molecule has 5 rings (SSSR count). The molecular formula is C30H28O8. The Balaban J connectivity index is 1.61. The van der Waals surface area contributed by atoms with E-state index in [9.17, 15) is 9.59 Å². The number of methoxy groups -OCH3 is 3. The van der Waals surface area contributed by atoms with Gasteiger partial charge in [-0.05, 0) is 44.2 Å². The topological polar surface area (TPSA) is 89.5 Å². The first-order valence-electron chi connectivity index (χ1n) is 12.2. The lowest BCUT2D eigenvalue weighted by atomic mass is 9.84. The van der Waals surface area contributed by atoms with E-state index in [2.05, 4.69) is 0 Å². The molecule has 0 bridgehead atoms. The van der Waals surface area contributed by atoms with Crippen molar-refractivity contribution in [2.45, 2.75) is 32.3 Å². The highest BCUT2D eigenvalue weighted by Gasteiger charge is 2.39. The van der Waals surface area contributed by atoms with E-state index < -0.39 is 5.92 Å². The zero-order valence-electron chi connectivity index (χ0n) is 21.8. The van der Waals surface area contributed by atoms with Crippen molar-refractivity contribution < 1.29 is 38.0 Å². The fraction of sp³-hybridized carbons (Fsp3) is 0.267. The molecule has 0 N–H and O–H groups in total. The number of benzene rings is 3. The van der Waals surface area contributed by atoms with Gasteiger partial charge in [0, 0.05) is 28.7 Å². The van der Waals surface area contributed by atoms with E-state index in [1.807, 2.05) is 38.1 Å². The summed E-state index contributed by atoms with van der Waals surface area (Å²) in [7, 11) is 4.59. The van der Waals surface area contributed by atoms with Gasteiger partial charge in [0.05, 0.1) is 39.4 Å². The van der Waals surface area contributed by atoms with Crippen molar-refractivity contribution in [1.29, 1.82) is 0 Å². The van der Waals surface area contributed by atoms with E-state index >= 15 is 0 Å². The molecule has 3 aromatic carbocycles. The summed E-state index contributed by atoms with van der Waals surface area (Å²) >= 11 is 0. The van der Waals surface area contributed by atoms with Crippen LogP contribution in [-0.2, 0) is 4.79 Å². The molecule has 2 aliphatic heterocycles.